The van der Waals surface area contributed by atoms with E-state index in [1.54, 1.807) is 19.1 Å². The molecule has 0 amide bonds. The summed E-state index contributed by atoms with van der Waals surface area (Å²) in [7, 11) is 1.45. The molecule has 1 N–H and O–H groups in total. The standard InChI is InChI=1S/C20H18O3/c1-4-5-18(21)17-12-16(13-19(23-3)20(17)22)11-10-15-8-6-14(2)7-9-15/h6-13,22H,1-3H3/b11-10+. The van der Waals surface area contributed by atoms with Crippen LogP contribution in [0, 0.1) is 18.8 Å². The zero-order valence-corrected chi connectivity index (χ0v) is 13.4. The van der Waals surface area contributed by atoms with Crippen molar-refractivity contribution < 1.29 is 14.6 Å². The van der Waals surface area contributed by atoms with Crippen LogP contribution in [0.25, 0.3) is 12.2 Å². The van der Waals surface area contributed by atoms with E-state index in [1.165, 1.54) is 12.7 Å². The summed E-state index contributed by atoms with van der Waals surface area (Å²) in [6.45, 7) is 3.61. The first kappa shape index (κ1) is 16.4. The van der Waals surface area contributed by atoms with Crippen LogP contribution in [0.3, 0.4) is 0 Å². The van der Waals surface area contributed by atoms with Crippen molar-refractivity contribution in [3.8, 4) is 23.3 Å². The third-order valence-corrected chi connectivity index (χ3v) is 3.35. The molecule has 0 bridgehead atoms. The number of ketones is 1. The zero-order valence-electron chi connectivity index (χ0n) is 13.4. The quantitative estimate of drug-likeness (QED) is 0.400. The molecular weight excluding hydrogens is 288 g/mol. The van der Waals surface area contributed by atoms with Gasteiger partial charge >= 0.3 is 0 Å². The first-order chi connectivity index (χ1) is 11.0. The summed E-state index contributed by atoms with van der Waals surface area (Å²) in [5.41, 5.74) is 3.13. The van der Waals surface area contributed by atoms with Gasteiger partial charge in [0.05, 0.1) is 12.7 Å². The summed E-state index contributed by atoms with van der Waals surface area (Å²) in [4.78, 5) is 12.0. The smallest absolute Gasteiger partial charge is 0.239 e. The molecule has 0 aliphatic heterocycles. The number of carbonyl (C=O) groups is 1. The number of rotatable bonds is 4. The number of phenolic OH excluding ortho intramolecular Hbond substituents is 1. The molecule has 0 aromatic heterocycles. The highest BCUT2D eigenvalue weighted by molar-refractivity contribution is 6.11. The average molecular weight is 306 g/mol. The van der Waals surface area contributed by atoms with E-state index in [0.29, 0.717) is 0 Å². The van der Waals surface area contributed by atoms with Crippen molar-refractivity contribution in [2.75, 3.05) is 7.11 Å². The van der Waals surface area contributed by atoms with E-state index < -0.39 is 5.78 Å². The minimum atomic E-state index is -0.436. The Morgan fingerprint density at radius 1 is 1.13 bits per heavy atom. The minimum absolute atomic E-state index is 0.141. The summed E-state index contributed by atoms with van der Waals surface area (Å²) in [6.07, 6.45) is 3.80. The Morgan fingerprint density at radius 2 is 1.78 bits per heavy atom. The second-order valence-electron chi connectivity index (χ2n) is 5.07. The highest BCUT2D eigenvalue weighted by Gasteiger charge is 2.14. The molecular formula is C20H18O3. The molecule has 0 atom stereocenters. The molecule has 0 radical (unpaired) electrons. The number of aromatic hydroxyl groups is 1. The van der Waals surface area contributed by atoms with Crippen molar-refractivity contribution in [3.63, 3.8) is 0 Å². The van der Waals surface area contributed by atoms with Gasteiger partial charge in [-0.2, -0.15) is 0 Å². The molecule has 0 unspecified atom stereocenters. The second-order valence-corrected chi connectivity index (χ2v) is 5.07. The number of carbonyl (C=O) groups excluding carboxylic acids is 1. The number of methoxy groups -OCH3 is 1. The Labute approximate surface area is 136 Å². The van der Waals surface area contributed by atoms with Crippen LogP contribution in [0.2, 0.25) is 0 Å². The van der Waals surface area contributed by atoms with E-state index >= 15 is 0 Å². The van der Waals surface area contributed by atoms with Crippen molar-refractivity contribution in [3.05, 3.63) is 58.7 Å². The van der Waals surface area contributed by atoms with Gasteiger partial charge in [-0.1, -0.05) is 47.9 Å². The number of ether oxygens (including phenoxy) is 1. The lowest BCUT2D eigenvalue weighted by Gasteiger charge is -2.08. The fourth-order valence-electron chi connectivity index (χ4n) is 2.10. The largest absolute Gasteiger partial charge is 0.504 e. The van der Waals surface area contributed by atoms with Gasteiger partial charge in [-0.05, 0) is 43.0 Å². The van der Waals surface area contributed by atoms with E-state index in [-0.39, 0.29) is 17.1 Å². The third kappa shape index (κ3) is 4.02. The molecule has 116 valence electrons. The van der Waals surface area contributed by atoms with Gasteiger partial charge in [0.2, 0.25) is 5.78 Å². The fraction of sp³-hybridized carbons (Fsp3) is 0.150. The molecule has 2 aromatic carbocycles. The monoisotopic (exact) mass is 306 g/mol. The first-order valence-corrected chi connectivity index (χ1v) is 7.18. The van der Waals surface area contributed by atoms with Crippen LogP contribution in [0.5, 0.6) is 11.5 Å². The Morgan fingerprint density at radius 3 is 2.39 bits per heavy atom. The average Bonchev–Trinajstić information content (AvgIpc) is 2.55. The number of aryl methyl sites for hydroxylation is 1. The Bertz CT molecular complexity index is 803. The normalized spacial score (nSPS) is 10.2. The van der Waals surface area contributed by atoms with Crippen molar-refractivity contribution in [1.82, 2.24) is 0 Å². The molecule has 0 fully saturated rings. The van der Waals surface area contributed by atoms with Crippen molar-refractivity contribution in [1.29, 1.82) is 0 Å². The molecule has 0 aliphatic carbocycles. The van der Waals surface area contributed by atoms with Crippen molar-refractivity contribution >= 4 is 17.9 Å². The Kier molecular flexibility index (Phi) is 5.22. The Hall–Kier alpha value is -2.99. The van der Waals surface area contributed by atoms with Gasteiger partial charge in [-0.25, -0.2) is 0 Å². The lowest BCUT2D eigenvalue weighted by Crippen LogP contribution is -1.98. The zero-order chi connectivity index (χ0) is 16.8. The summed E-state index contributed by atoms with van der Waals surface area (Å²) in [5, 5.41) is 10.1. The van der Waals surface area contributed by atoms with Gasteiger partial charge in [-0.3, -0.25) is 4.79 Å². The number of benzene rings is 2. The molecule has 2 aromatic rings. The first-order valence-electron chi connectivity index (χ1n) is 7.18. The second kappa shape index (κ2) is 7.33. The summed E-state index contributed by atoms with van der Waals surface area (Å²) < 4.78 is 5.14. The number of hydrogen-bond donors (Lipinski definition) is 1. The molecule has 0 aliphatic rings. The topological polar surface area (TPSA) is 46.5 Å². The van der Waals surface area contributed by atoms with E-state index in [2.05, 4.69) is 11.8 Å². The van der Waals surface area contributed by atoms with Crippen molar-refractivity contribution in [2.45, 2.75) is 13.8 Å². The maximum atomic E-state index is 12.0. The van der Waals surface area contributed by atoms with Crippen LogP contribution in [0.15, 0.2) is 36.4 Å². The van der Waals surface area contributed by atoms with Crippen LogP contribution < -0.4 is 4.74 Å². The molecule has 0 spiro atoms. The van der Waals surface area contributed by atoms with E-state index in [0.717, 1.165) is 11.1 Å². The van der Waals surface area contributed by atoms with E-state index in [4.69, 9.17) is 4.74 Å². The molecule has 3 heteroatoms. The van der Waals surface area contributed by atoms with E-state index in [1.807, 2.05) is 43.3 Å². The molecule has 0 saturated heterocycles. The van der Waals surface area contributed by atoms with Gasteiger partial charge in [-0.15, -0.1) is 0 Å². The Balaban J connectivity index is 2.41. The van der Waals surface area contributed by atoms with Gasteiger partial charge in [0.15, 0.2) is 11.5 Å². The molecule has 2 rings (SSSR count). The van der Waals surface area contributed by atoms with Gasteiger partial charge in [0.25, 0.3) is 0 Å². The SMILES string of the molecule is CC#CC(=O)c1cc(/C=C/c2ccc(C)cc2)cc(OC)c1O. The lowest BCUT2D eigenvalue weighted by atomic mass is 10.0. The molecule has 3 nitrogen and oxygen atoms in total. The fourth-order valence-corrected chi connectivity index (χ4v) is 2.10. The summed E-state index contributed by atoms with van der Waals surface area (Å²) in [5.74, 6) is 4.60. The highest BCUT2D eigenvalue weighted by atomic mass is 16.5. The van der Waals surface area contributed by atoms with Crippen LogP contribution >= 0.6 is 0 Å². The van der Waals surface area contributed by atoms with Crippen molar-refractivity contribution in [2.24, 2.45) is 0 Å². The predicted molar refractivity (Wildman–Crippen MR) is 92.5 cm³/mol. The minimum Gasteiger partial charge on any atom is -0.504 e. The maximum Gasteiger partial charge on any atom is 0.239 e. The predicted octanol–water partition coefficient (Wildman–Crippen LogP) is 4.09. The van der Waals surface area contributed by atoms with Gasteiger partial charge < -0.3 is 9.84 Å². The summed E-state index contributed by atoms with van der Waals surface area (Å²) in [6, 6.07) is 11.4. The van der Waals surface area contributed by atoms with Crippen LogP contribution in [-0.4, -0.2) is 18.0 Å². The van der Waals surface area contributed by atoms with Crippen LogP contribution in [0.1, 0.15) is 34.0 Å². The highest BCUT2D eigenvalue weighted by Crippen LogP contribution is 2.32. The van der Waals surface area contributed by atoms with Gasteiger partial charge in [0.1, 0.15) is 0 Å². The van der Waals surface area contributed by atoms with E-state index in [9.17, 15) is 9.90 Å². The maximum absolute atomic E-state index is 12.0. The van der Waals surface area contributed by atoms with Gasteiger partial charge in [0, 0.05) is 0 Å². The third-order valence-electron chi connectivity index (χ3n) is 3.35. The number of hydrogen-bond acceptors (Lipinski definition) is 3. The lowest BCUT2D eigenvalue weighted by molar-refractivity contribution is 0.105. The molecule has 23 heavy (non-hydrogen) atoms. The number of Topliss-reactive ketones (excluding diaryl/α,β-unsaturated/α-hetero) is 1. The molecule has 0 saturated carbocycles. The number of phenols is 1. The molecule has 0 heterocycles. The summed E-state index contributed by atoms with van der Waals surface area (Å²) >= 11 is 0. The van der Waals surface area contributed by atoms with Crippen LogP contribution in [-0.2, 0) is 0 Å². The van der Waals surface area contributed by atoms with Crippen LogP contribution in [0.4, 0.5) is 0 Å².